The molecule has 1 rings (SSSR count). The van der Waals surface area contributed by atoms with E-state index in [1.165, 1.54) is 76.0 Å². The number of esters is 3. The zero-order valence-corrected chi connectivity index (χ0v) is 32.7. The first kappa shape index (κ1) is 45.9. The summed E-state index contributed by atoms with van der Waals surface area (Å²) in [6, 6.07) is 4.46. The van der Waals surface area contributed by atoms with Crippen LogP contribution in [0.3, 0.4) is 0 Å². The molecule has 0 heterocycles. The minimum atomic E-state index is -0.613. The Hall–Kier alpha value is -3.15. The molecule has 288 valence electrons. The van der Waals surface area contributed by atoms with Crippen molar-refractivity contribution in [1.82, 2.24) is 0 Å². The van der Waals surface area contributed by atoms with Crippen LogP contribution >= 0.6 is 0 Å². The monoisotopic (exact) mass is 709 g/mol. The fourth-order valence-electron chi connectivity index (χ4n) is 5.82. The molecule has 0 aliphatic rings. The Labute approximate surface area is 311 Å². The van der Waals surface area contributed by atoms with E-state index in [9.17, 15) is 14.4 Å². The van der Waals surface area contributed by atoms with E-state index in [1.54, 1.807) is 0 Å². The third-order valence-electron chi connectivity index (χ3n) is 8.90. The Morgan fingerprint density at radius 1 is 0.412 bits per heavy atom. The normalized spacial score (nSPS) is 11.6. The standard InChI is InChI=1S/C45H72O6/c1-4-7-10-13-16-19-22-25-28-31-36-49-43(46)40-34-35-41(44(47)50-37-32-29-26-23-20-17-14-11-8-5-2)42(39-40)45(48)51-38-33-30-27-24-21-18-15-12-9-6-3/h7-12,34-35,39H,4-6,13-33,36-38H2,1-3H3/b10-7+,11-8+,12-9+. The van der Waals surface area contributed by atoms with E-state index >= 15 is 0 Å². The first-order valence-corrected chi connectivity index (χ1v) is 20.6. The van der Waals surface area contributed by atoms with Crippen molar-refractivity contribution >= 4 is 17.9 Å². The van der Waals surface area contributed by atoms with Gasteiger partial charge < -0.3 is 14.2 Å². The molecule has 6 heteroatoms. The van der Waals surface area contributed by atoms with Crippen molar-refractivity contribution in [2.75, 3.05) is 19.8 Å². The van der Waals surface area contributed by atoms with Gasteiger partial charge in [0.1, 0.15) is 0 Å². The highest BCUT2D eigenvalue weighted by Crippen LogP contribution is 2.18. The second-order valence-corrected chi connectivity index (χ2v) is 13.5. The molecule has 0 radical (unpaired) electrons. The van der Waals surface area contributed by atoms with Crippen LogP contribution in [0.2, 0.25) is 0 Å². The van der Waals surface area contributed by atoms with Crippen LogP contribution in [-0.2, 0) is 14.2 Å². The van der Waals surface area contributed by atoms with E-state index in [0.29, 0.717) is 13.2 Å². The summed E-state index contributed by atoms with van der Waals surface area (Å²) in [6.07, 6.45) is 39.6. The van der Waals surface area contributed by atoms with Gasteiger partial charge in [-0.05, 0) is 95.2 Å². The SMILES string of the molecule is CC/C=C/CCCCCCCCOC(=O)c1ccc(C(=O)OCCCCCCCC/C=C/CC)c(C(=O)OCCCCCCCC/C=C/CC)c1. The first-order valence-electron chi connectivity index (χ1n) is 20.6. The minimum absolute atomic E-state index is 0.0560. The second-order valence-electron chi connectivity index (χ2n) is 13.5. The van der Waals surface area contributed by atoms with E-state index in [-0.39, 0.29) is 23.3 Å². The first-order chi connectivity index (χ1) is 25.0. The maximum atomic E-state index is 13.2. The van der Waals surface area contributed by atoms with Gasteiger partial charge in [0.2, 0.25) is 0 Å². The van der Waals surface area contributed by atoms with E-state index in [2.05, 4.69) is 57.2 Å². The molecule has 0 fully saturated rings. The minimum Gasteiger partial charge on any atom is -0.462 e. The molecular formula is C45H72O6. The predicted molar refractivity (Wildman–Crippen MR) is 213 cm³/mol. The van der Waals surface area contributed by atoms with Gasteiger partial charge in [-0.2, -0.15) is 0 Å². The summed E-state index contributed by atoms with van der Waals surface area (Å²) in [6.45, 7) is 7.34. The molecule has 0 aromatic heterocycles. The van der Waals surface area contributed by atoms with Crippen LogP contribution < -0.4 is 0 Å². The maximum Gasteiger partial charge on any atom is 0.339 e. The lowest BCUT2D eigenvalue weighted by Crippen LogP contribution is -2.17. The fourth-order valence-corrected chi connectivity index (χ4v) is 5.82. The Morgan fingerprint density at radius 2 is 0.745 bits per heavy atom. The summed E-state index contributed by atoms with van der Waals surface area (Å²) in [4.78, 5) is 39.2. The molecule has 0 aliphatic heterocycles. The topological polar surface area (TPSA) is 78.9 Å². The molecule has 1 aromatic rings. The van der Waals surface area contributed by atoms with Crippen molar-refractivity contribution in [3.63, 3.8) is 0 Å². The smallest absolute Gasteiger partial charge is 0.339 e. The zero-order valence-electron chi connectivity index (χ0n) is 32.7. The third-order valence-corrected chi connectivity index (χ3v) is 8.90. The van der Waals surface area contributed by atoms with Gasteiger partial charge >= 0.3 is 17.9 Å². The van der Waals surface area contributed by atoms with E-state index < -0.39 is 17.9 Å². The molecule has 51 heavy (non-hydrogen) atoms. The molecule has 0 spiro atoms. The van der Waals surface area contributed by atoms with Gasteiger partial charge in [0.25, 0.3) is 0 Å². The van der Waals surface area contributed by atoms with Crippen molar-refractivity contribution in [3.8, 4) is 0 Å². The van der Waals surface area contributed by atoms with Crippen LogP contribution in [0.4, 0.5) is 0 Å². The third kappa shape index (κ3) is 25.5. The molecule has 0 aliphatic carbocycles. The number of rotatable bonds is 33. The van der Waals surface area contributed by atoms with Crippen LogP contribution in [0.1, 0.15) is 206 Å². The van der Waals surface area contributed by atoms with Crippen LogP contribution in [-0.4, -0.2) is 37.7 Å². The maximum absolute atomic E-state index is 13.2. The summed E-state index contributed by atoms with van der Waals surface area (Å²) >= 11 is 0. The number of benzene rings is 1. The highest BCUT2D eigenvalue weighted by molar-refractivity contribution is 6.05. The van der Waals surface area contributed by atoms with Crippen molar-refractivity contribution in [2.45, 2.75) is 175 Å². The van der Waals surface area contributed by atoms with E-state index in [0.717, 1.165) is 96.3 Å². The number of hydrogen-bond donors (Lipinski definition) is 0. The zero-order chi connectivity index (χ0) is 37.0. The van der Waals surface area contributed by atoms with Gasteiger partial charge in [-0.1, -0.05) is 134 Å². The van der Waals surface area contributed by atoms with Crippen LogP contribution in [0.5, 0.6) is 0 Å². The Morgan fingerprint density at radius 3 is 1.14 bits per heavy atom. The highest BCUT2D eigenvalue weighted by Gasteiger charge is 2.22. The quantitative estimate of drug-likeness (QED) is 0.0313. The number of carbonyl (C=O) groups is 3. The van der Waals surface area contributed by atoms with Crippen molar-refractivity contribution in [2.24, 2.45) is 0 Å². The summed E-state index contributed by atoms with van der Waals surface area (Å²) in [5.41, 5.74) is 0.414. The van der Waals surface area contributed by atoms with E-state index in [4.69, 9.17) is 14.2 Å². The molecule has 6 nitrogen and oxygen atoms in total. The molecule has 0 unspecified atom stereocenters. The summed E-state index contributed by atoms with van der Waals surface area (Å²) in [5.74, 6) is -1.68. The van der Waals surface area contributed by atoms with Gasteiger partial charge in [-0.25, -0.2) is 14.4 Å². The number of unbranched alkanes of at least 4 members (excludes halogenated alkanes) is 18. The van der Waals surface area contributed by atoms with Crippen molar-refractivity contribution in [3.05, 3.63) is 71.3 Å². The van der Waals surface area contributed by atoms with Crippen molar-refractivity contribution in [1.29, 1.82) is 0 Å². The molecule has 1 aromatic carbocycles. The Balaban J connectivity index is 2.60. The largest absolute Gasteiger partial charge is 0.462 e. The Kier molecular flexibility index (Phi) is 30.5. The summed E-state index contributed by atoms with van der Waals surface area (Å²) in [7, 11) is 0. The van der Waals surface area contributed by atoms with Gasteiger partial charge in [0.15, 0.2) is 0 Å². The lowest BCUT2D eigenvalue weighted by atomic mass is 10.0. The second kappa shape index (κ2) is 34.0. The molecule has 0 bridgehead atoms. The van der Waals surface area contributed by atoms with Crippen LogP contribution in [0, 0.1) is 0 Å². The predicted octanol–water partition coefficient (Wildman–Crippen LogP) is 13.2. The van der Waals surface area contributed by atoms with Gasteiger partial charge in [0.05, 0.1) is 36.5 Å². The highest BCUT2D eigenvalue weighted by atomic mass is 16.5. The molecule has 0 amide bonds. The van der Waals surface area contributed by atoms with Crippen LogP contribution in [0.15, 0.2) is 54.7 Å². The van der Waals surface area contributed by atoms with Crippen LogP contribution in [0.25, 0.3) is 0 Å². The summed E-state index contributed by atoms with van der Waals surface area (Å²) < 4.78 is 16.7. The lowest BCUT2D eigenvalue weighted by molar-refractivity contribution is 0.0448. The molecular weight excluding hydrogens is 636 g/mol. The lowest BCUT2D eigenvalue weighted by Gasteiger charge is -2.12. The molecule has 0 saturated heterocycles. The average Bonchev–Trinajstić information content (AvgIpc) is 3.14. The number of ether oxygens (including phenoxy) is 3. The number of hydrogen-bond acceptors (Lipinski definition) is 6. The average molecular weight is 709 g/mol. The number of carbonyl (C=O) groups excluding carboxylic acids is 3. The van der Waals surface area contributed by atoms with Gasteiger partial charge in [-0.15, -0.1) is 0 Å². The fraction of sp³-hybridized carbons (Fsp3) is 0.667. The summed E-state index contributed by atoms with van der Waals surface area (Å²) in [5, 5.41) is 0. The molecule has 0 saturated carbocycles. The molecule has 0 N–H and O–H groups in total. The Bertz CT molecular complexity index is 1120. The van der Waals surface area contributed by atoms with Crippen molar-refractivity contribution < 1.29 is 28.6 Å². The van der Waals surface area contributed by atoms with E-state index in [1.807, 2.05) is 0 Å². The van der Waals surface area contributed by atoms with Gasteiger partial charge in [0, 0.05) is 0 Å². The molecule has 0 atom stereocenters. The van der Waals surface area contributed by atoms with Gasteiger partial charge in [-0.3, -0.25) is 0 Å². The number of allylic oxidation sites excluding steroid dienone is 6.